The third-order valence-corrected chi connectivity index (χ3v) is 5.84. The van der Waals surface area contributed by atoms with Gasteiger partial charge in [-0.2, -0.15) is 5.06 Å². The monoisotopic (exact) mass is 390 g/mol. The van der Waals surface area contributed by atoms with Gasteiger partial charge in [0.15, 0.2) is 0 Å². The molecule has 0 aromatic rings. The van der Waals surface area contributed by atoms with Crippen LogP contribution in [0, 0.1) is 11.8 Å². The number of aliphatic hydroxyl groups excluding tert-OH is 1. The Balaban J connectivity index is 1.87. The molecule has 1 aliphatic carbocycles. The molecular weight excluding hydrogens is 352 g/mol. The maximum absolute atomic E-state index is 12.7. The molecule has 0 aromatic heterocycles. The van der Waals surface area contributed by atoms with Gasteiger partial charge in [-0.1, -0.05) is 49.8 Å². The zero-order chi connectivity index (χ0) is 21.1. The van der Waals surface area contributed by atoms with Crippen LogP contribution in [0.1, 0.15) is 67.2 Å². The molecule has 0 bridgehead atoms. The van der Waals surface area contributed by atoms with Crippen LogP contribution in [0.5, 0.6) is 0 Å². The lowest BCUT2D eigenvalue weighted by Gasteiger charge is -2.51. The molecule has 1 fully saturated rings. The summed E-state index contributed by atoms with van der Waals surface area (Å²) in [6.07, 6.45) is 12.7. The molecule has 1 heterocycles. The topological polar surface area (TPSA) is 72.8 Å². The van der Waals surface area contributed by atoms with E-state index in [4.69, 9.17) is 0 Å². The fourth-order valence-electron chi connectivity index (χ4n) is 4.39. The number of nitrogens with one attached hydrogen (secondary N) is 1. The zero-order valence-electron chi connectivity index (χ0n) is 18.3. The van der Waals surface area contributed by atoms with Crippen LogP contribution in [0.4, 0.5) is 0 Å². The highest BCUT2D eigenvalue weighted by Gasteiger charge is 2.45. The van der Waals surface area contributed by atoms with E-state index in [9.17, 15) is 15.1 Å². The molecular formula is C23H38N2O3. The van der Waals surface area contributed by atoms with Crippen LogP contribution in [0.2, 0.25) is 0 Å². The maximum Gasteiger partial charge on any atom is 0.226 e. The average molecular weight is 391 g/mol. The Labute approximate surface area is 170 Å². The third kappa shape index (κ3) is 6.03. The number of rotatable bonds is 6. The number of allylic oxidation sites excluding steroid dienone is 3. The minimum absolute atomic E-state index is 0.0336. The number of hydrogen-bond donors (Lipinski definition) is 3. The van der Waals surface area contributed by atoms with Gasteiger partial charge in [-0.05, 0) is 59.3 Å². The van der Waals surface area contributed by atoms with E-state index in [0.717, 1.165) is 19.3 Å². The Bertz CT molecular complexity index is 630. The minimum Gasteiger partial charge on any atom is -0.389 e. The maximum atomic E-state index is 12.7. The van der Waals surface area contributed by atoms with Crippen molar-refractivity contribution in [3.05, 3.63) is 36.0 Å². The third-order valence-electron chi connectivity index (χ3n) is 5.84. The number of amides is 1. The van der Waals surface area contributed by atoms with E-state index in [2.05, 4.69) is 24.4 Å². The van der Waals surface area contributed by atoms with Gasteiger partial charge in [0.25, 0.3) is 0 Å². The number of nitrogens with zero attached hydrogens (tertiary/aromatic N) is 1. The highest BCUT2D eigenvalue weighted by atomic mass is 16.5. The fourth-order valence-corrected chi connectivity index (χ4v) is 4.39. The average Bonchev–Trinajstić information content (AvgIpc) is 2.59. The standard InChI is InChI=1S/C23H38N2O3/c1-16(13-18-9-11-20(26)12-10-18)7-8-17(2)21(27)24-19-14-22(3,4)25(28)23(5,6)15-19/h7-11,16-17,19-20,26,28H,12-15H2,1-6H3,(H,24,27). The molecule has 2 rings (SSSR count). The van der Waals surface area contributed by atoms with E-state index in [0.29, 0.717) is 12.3 Å². The fraction of sp³-hybridized carbons (Fsp3) is 0.696. The lowest BCUT2D eigenvalue weighted by Crippen LogP contribution is -2.63. The minimum atomic E-state index is -0.373. The Morgan fingerprint density at radius 2 is 1.86 bits per heavy atom. The highest BCUT2D eigenvalue weighted by Crippen LogP contribution is 2.36. The van der Waals surface area contributed by atoms with Crippen molar-refractivity contribution in [1.29, 1.82) is 0 Å². The second kappa shape index (κ2) is 8.93. The van der Waals surface area contributed by atoms with Crippen LogP contribution in [-0.4, -0.2) is 44.5 Å². The van der Waals surface area contributed by atoms with Gasteiger partial charge in [0.2, 0.25) is 5.91 Å². The first kappa shape index (κ1) is 22.9. The van der Waals surface area contributed by atoms with E-state index in [1.807, 2.05) is 52.8 Å². The van der Waals surface area contributed by atoms with Crippen molar-refractivity contribution in [1.82, 2.24) is 10.4 Å². The quantitative estimate of drug-likeness (QED) is 0.600. The molecule has 28 heavy (non-hydrogen) atoms. The lowest BCUT2D eigenvalue weighted by atomic mass is 9.79. The lowest BCUT2D eigenvalue weighted by molar-refractivity contribution is -0.246. The van der Waals surface area contributed by atoms with E-state index in [1.54, 1.807) is 0 Å². The summed E-state index contributed by atoms with van der Waals surface area (Å²) in [5, 5.41) is 24.5. The van der Waals surface area contributed by atoms with Crippen molar-refractivity contribution in [2.24, 2.45) is 11.8 Å². The van der Waals surface area contributed by atoms with Crippen molar-refractivity contribution in [2.45, 2.75) is 90.4 Å². The van der Waals surface area contributed by atoms with Crippen LogP contribution in [0.3, 0.4) is 0 Å². The van der Waals surface area contributed by atoms with Gasteiger partial charge >= 0.3 is 0 Å². The van der Waals surface area contributed by atoms with E-state index < -0.39 is 0 Å². The molecule has 5 nitrogen and oxygen atoms in total. The number of carbonyl (C=O) groups is 1. The second-order valence-corrected chi connectivity index (χ2v) is 9.85. The smallest absolute Gasteiger partial charge is 0.226 e. The van der Waals surface area contributed by atoms with Gasteiger partial charge in [0, 0.05) is 17.1 Å². The summed E-state index contributed by atoms with van der Waals surface area (Å²) in [5.74, 6) is 0.168. The van der Waals surface area contributed by atoms with Crippen molar-refractivity contribution in [2.75, 3.05) is 0 Å². The molecule has 0 saturated carbocycles. The van der Waals surface area contributed by atoms with Crippen LogP contribution < -0.4 is 5.32 Å². The molecule has 0 spiro atoms. The summed E-state index contributed by atoms with van der Waals surface area (Å²) >= 11 is 0. The highest BCUT2D eigenvalue weighted by molar-refractivity contribution is 5.80. The van der Waals surface area contributed by atoms with E-state index in [-0.39, 0.29) is 35.0 Å². The predicted octanol–water partition coefficient (Wildman–Crippen LogP) is 3.98. The van der Waals surface area contributed by atoms with Gasteiger partial charge in [0.1, 0.15) is 0 Å². The summed E-state index contributed by atoms with van der Waals surface area (Å²) in [6, 6.07) is 0.0538. The second-order valence-electron chi connectivity index (χ2n) is 9.85. The molecule has 1 saturated heterocycles. The molecule has 3 N–H and O–H groups in total. The Kier molecular flexibility index (Phi) is 7.29. The van der Waals surface area contributed by atoms with Gasteiger partial charge in [-0.3, -0.25) is 4.79 Å². The number of aliphatic hydroxyl groups is 1. The van der Waals surface area contributed by atoms with Gasteiger partial charge in [-0.15, -0.1) is 0 Å². The molecule has 5 heteroatoms. The van der Waals surface area contributed by atoms with Crippen LogP contribution in [-0.2, 0) is 4.79 Å². The molecule has 0 aromatic carbocycles. The normalized spacial score (nSPS) is 27.4. The number of hydroxylamine groups is 2. The summed E-state index contributed by atoms with van der Waals surface area (Å²) in [7, 11) is 0. The van der Waals surface area contributed by atoms with Crippen molar-refractivity contribution >= 4 is 5.91 Å². The largest absolute Gasteiger partial charge is 0.389 e. The summed E-state index contributed by atoms with van der Waals surface area (Å²) < 4.78 is 0. The Morgan fingerprint density at radius 1 is 1.25 bits per heavy atom. The van der Waals surface area contributed by atoms with Crippen molar-refractivity contribution in [3.8, 4) is 0 Å². The van der Waals surface area contributed by atoms with Crippen LogP contribution in [0.15, 0.2) is 36.0 Å². The summed E-state index contributed by atoms with van der Waals surface area (Å²) in [5.41, 5.74) is 0.490. The molecule has 3 atom stereocenters. The molecule has 1 amide bonds. The van der Waals surface area contributed by atoms with Gasteiger partial charge < -0.3 is 15.6 Å². The number of carbonyl (C=O) groups excluding carboxylic acids is 1. The Morgan fingerprint density at radius 3 is 2.39 bits per heavy atom. The molecule has 158 valence electrons. The molecule has 2 aliphatic rings. The van der Waals surface area contributed by atoms with Crippen LogP contribution >= 0.6 is 0 Å². The summed E-state index contributed by atoms with van der Waals surface area (Å²) in [6.45, 7) is 12.1. The number of piperidine rings is 1. The zero-order valence-corrected chi connectivity index (χ0v) is 18.3. The predicted molar refractivity (Wildman–Crippen MR) is 113 cm³/mol. The van der Waals surface area contributed by atoms with Gasteiger partial charge in [0.05, 0.1) is 12.0 Å². The molecule has 1 aliphatic heterocycles. The first-order valence-electron chi connectivity index (χ1n) is 10.4. The van der Waals surface area contributed by atoms with Crippen molar-refractivity contribution in [3.63, 3.8) is 0 Å². The van der Waals surface area contributed by atoms with Crippen molar-refractivity contribution < 1.29 is 15.1 Å². The van der Waals surface area contributed by atoms with Crippen LogP contribution in [0.25, 0.3) is 0 Å². The van der Waals surface area contributed by atoms with Gasteiger partial charge in [-0.25, -0.2) is 0 Å². The first-order chi connectivity index (χ1) is 12.9. The Hall–Kier alpha value is -1.43. The molecule has 3 unspecified atom stereocenters. The van der Waals surface area contributed by atoms with E-state index >= 15 is 0 Å². The first-order valence-corrected chi connectivity index (χ1v) is 10.4. The van der Waals surface area contributed by atoms with E-state index in [1.165, 1.54) is 10.6 Å². The summed E-state index contributed by atoms with van der Waals surface area (Å²) in [4.78, 5) is 12.7. The SMILES string of the molecule is CC(C=CC(C)C(=O)NC1CC(C)(C)N(O)C(C)(C)C1)CC1=CCC(O)C=C1. The number of hydrogen-bond acceptors (Lipinski definition) is 4. The molecule has 0 radical (unpaired) electrons.